The predicted octanol–water partition coefficient (Wildman–Crippen LogP) is 5.16. The quantitative estimate of drug-likeness (QED) is 0.721. The van der Waals surface area contributed by atoms with Crippen LogP contribution in [0.15, 0.2) is 48.7 Å². The first-order chi connectivity index (χ1) is 10.5. The summed E-state index contributed by atoms with van der Waals surface area (Å²) in [6.45, 7) is 4.76. The minimum atomic E-state index is 0.235. The van der Waals surface area contributed by atoms with E-state index in [0.717, 1.165) is 27.2 Å². The number of fused-ring (bicyclic) bond motifs is 1. The Balaban J connectivity index is 1.91. The van der Waals surface area contributed by atoms with Crippen LogP contribution in [0.5, 0.6) is 11.5 Å². The summed E-state index contributed by atoms with van der Waals surface area (Å²) in [6, 6.07) is 13.0. The van der Waals surface area contributed by atoms with Crippen LogP contribution in [-0.2, 0) is 6.61 Å². The van der Waals surface area contributed by atoms with E-state index in [1.807, 2.05) is 18.2 Å². The second kappa shape index (κ2) is 5.93. The minimum Gasteiger partial charge on any atom is -0.508 e. The van der Waals surface area contributed by atoms with Crippen LogP contribution in [0, 0.1) is 0 Å². The molecule has 1 N–H and O–H groups in total. The Kier molecular flexibility index (Phi) is 3.99. The van der Waals surface area contributed by atoms with Crippen LogP contribution in [0.4, 0.5) is 0 Å². The third-order valence-corrected chi connectivity index (χ3v) is 3.90. The van der Waals surface area contributed by atoms with Gasteiger partial charge in [-0.15, -0.1) is 0 Å². The maximum atomic E-state index is 9.30. The van der Waals surface area contributed by atoms with Gasteiger partial charge in [-0.1, -0.05) is 17.7 Å². The van der Waals surface area contributed by atoms with E-state index in [4.69, 9.17) is 16.3 Å². The Labute approximate surface area is 134 Å². The minimum absolute atomic E-state index is 0.235. The van der Waals surface area contributed by atoms with E-state index in [0.29, 0.717) is 12.6 Å². The molecule has 0 fully saturated rings. The zero-order valence-corrected chi connectivity index (χ0v) is 13.3. The molecule has 0 aliphatic carbocycles. The highest BCUT2D eigenvalue weighted by molar-refractivity contribution is 6.31. The van der Waals surface area contributed by atoms with Gasteiger partial charge >= 0.3 is 0 Å². The standard InChI is InChI=1S/C18H18ClNO2/c1-12(2)20-10-13(17-8-3-14(19)9-18(17)20)11-22-16-6-4-15(21)5-7-16/h3-10,12,21H,11H2,1-2H3. The summed E-state index contributed by atoms with van der Waals surface area (Å²) in [7, 11) is 0. The largest absolute Gasteiger partial charge is 0.508 e. The van der Waals surface area contributed by atoms with Gasteiger partial charge in [-0.25, -0.2) is 0 Å². The lowest BCUT2D eigenvalue weighted by molar-refractivity contribution is 0.306. The second-order valence-corrected chi connectivity index (χ2v) is 6.04. The molecule has 114 valence electrons. The molecule has 0 aliphatic rings. The van der Waals surface area contributed by atoms with Gasteiger partial charge in [0.2, 0.25) is 0 Å². The summed E-state index contributed by atoms with van der Waals surface area (Å²) >= 11 is 6.12. The molecule has 0 radical (unpaired) electrons. The van der Waals surface area contributed by atoms with E-state index in [1.54, 1.807) is 24.3 Å². The Bertz CT molecular complexity index is 791. The normalized spacial score (nSPS) is 11.3. The summed E-state index contributed by atoms with van der Waals surface area (Å²) in [5.41, 5.74) is 2.24. The van der Waals surface area contributed by atoms with Crippen molar-refractivity contribution >= 4 is 22.5 Å². The molecule has 4 heteroatoms. The van der Waals surface area contributed by atoms with Gasteiger partial charge in [0.15, 0.2) is 0 Å². The monoisotopic (exact) mass is 315 g/mol. The highest BCUT2D eigenvalue weighted by Gasteiger charge is 2.11. The molecule has 0 amide bonds. The highest BCUT2D eigenvalue weighted by atomic mass is 35.5. The number of phenols is 1. The first-order valence-corrected chi connectivity index (χ1v) is 7.63. The van der Waals surface area contributed by atoms with Crippen LogP contribution in [0.1, 0.15) is 25.5 Å². The van der Waals surface area contributed by atoms with Crippen LogP contribution in [0.2, 0.25) is 5.02 Å². The average molecular weight is 316 g/mol. The molecule has 0 atom stereocenters. The van der Waals surface area contributed by atoms with Crippen molar-refractivity contribution < 1.29 is 9.84 Å². The number of hydrogen-bond acceptors (Lipinski definition) is 2. The number of rotatable bonds is 4. The van der Waals surface area contributed by atoms with Crippen molar-refractivity contribution in [1.29, 1.82) is 0 Å². The molecular weight excluding hydrogens is 298 g/mol. The molecule has 0 spiro atoms. The van der Waals surface area contributed by atoms with Crippen molar-refractivity contribution in [2.24, 2.45) is 0 Å². The molecule has 0 aliphatic heterocycles. The Morgan fingerprint density at radius 2 is 1.86 bits per heavy atom. The number of halogens is 1. The smallest absolute Gasteiger partial charge is 0.120 e. The lowest BCUT2D eigenvalue weighted by atomic mass is 10.2. The molecule has 3 rings (SSSR count). The first kappa shape index (κ1) is 14.8. The number of aromatic nitrogens is 1. The number of ether oxygens (including phenoxy) is 1. The summed E-state index contributed by atoms with van der Waals surface area (Å²) in [4.78, 5) is 0. The third-order valence-electron chi connectivity index (χ3n) is 3.67. The molecule has 1 aromatic heterocycles. The third kappa shape index (κ3) is 2.90. The molecule has 0 bridgehead atoms. The predicted molar refractivity (Wildman–Crippen MR) is 89.8 cm³/mol. The maximum absolute atomic E-state index is 9.30. The maximum Gasteiger partial charge on any atom is 0.120 e. The molecule has 3 aromatic rings. The Morgan fingerprint density at radius 1 is 1.14 bits per heavy atom. The van der Waals surface area contributed by atoms with E-state index in [1.165, 1.54) is 0 Å². The fourth-order valence-corrected chi connectivity index (χ4v) is 2.71. The number of aromatic hydroxyl groups is 1. The zero-order valence-electron chi connectivity index (χ0n) is 12.6. The fourth-order valence-electron chi connectivity index (χ4n) is 2.54. The van der Waals surface area contributed by atoms with Crippen LogP contribution in [-0.4, -0.2) is 9.67 Å². The van der Waals surface area contributed by atoms with Gasteiger partial charge in [-0.05, 0) is 50.2 Å². The molecule has 22 heavy (non-hydrogen) atoms. The summed E-state index contributed by atoms with van der Waals surface area (Å²) in [6.07, 6.45) is 2.12. The Morgan fingerprint density at radius 3 is 2.55 bits per heavy atom. The summed E-state index contributed by atoms with van der Waals surface area (Å²) in [5, 5.41) is 11.2. The van der Waals surface area contributed by atoms with Gasteiger partial charge in [-0.2, -0.15) is 0 Å². The van der Waals surface area contributed by atoms with Gasteiger partial charge in [0.05, 0.1) is 5.52 Å². The topological polar surface area (TPSA) is 34.4 Å². The molecule has 1 heterocycles. The van der Waals surface area contributed by atoms with Gasteiger partial charge in [0.1, 0.15) is 18.1 Å². The number of benzene rings is 2. The van der Waals surface area contributed by atoms with E-state index < -0.39 is 0 Å². The zero-order chi connectivity index (χ0) is 15.7. The van der Waals surface area contributed by atoms with Crippen LogP contribution < -0.4 is 4.74 Å². The van der Waals surface area contributed by atoms with Gasteiger partial charge in [0, 0.05) is 28.2 Å². The van der Waals surface area contributed by atoms with Gasteiger partial charge in [-0.3, -0.25) is 0 Å². The first-order valence-electron chi connectivity index (χ1n) is 7.25. The van der Waals surface area contributed by atoms with E-state index >= 15 is 0 Å². The van der Waals surface area contributed by atoms with E-state index in [9.17, 15) is 5.11 Å². The van der Waals surface area contributed by atoms with Crippen molar-refractivity contribution in [2.75, 3.05) is 0 Å². The van der Waals surface area contributed by atoms with Gasteiger partial charge in [0.25, 0.3) is 0 Å². The van der Waals surface area contributed by atoms with Crippen molar-refractivity contribution in [3.63, 3.8) is 0 Å². The number of hydrogen-bond donors (Lipinski definition) is 1. The van der Waals surface area contributed by atoms with Crippen LogP contribution >= 0.6 is 11.6 Å². The number of phenolic OH excluding ortho intramolecular Hbond substituents is 1. The molecule has 0 saturated heterocycles. The Hall–Kier alpha value is -2.13. The second-order valence-electron chi connectivity index (χ2n) is 5.60. The van der Waals surface area contributed by atoms with Crippen LogP contribution in [0.25, 0.3) is 10.9 Å². The van der Waals surface area contributed by atoms with E-state index in [2.05, 4.69) is 24.6 Å². The molecular formula is C18H18ClNO2. The van der Waals surface area contributed by atoms with Crippen molar-refractivity contribution in [3.05, 3.63) is 59.2 Å². The average Bonchev–Trinajstić information content (AvgIpc) is 2.85. The van der Waals surface area contributed by atoms with Crippen molar-refractivity contribution in [2.45, 2.75) is 26.5 Å². The lowest BCUT2D eigenvalue weighted by Gasteiger charge is -2.08. The summed E-state index contributed by atoms with van der Waals surface area (Å²) < 4.78 is 8.03. The lowest BCUT2D eigenvalue weighted by Crippen LogP contribution is -1.98. The van der Waals surface area contributed by atoms with E-state index in [-0.39, 0.29) is 5.75 Å². The fraction of sp³-hybridized carbons (Fsp3) is 0.222. The van der Waals surface area contributed by atoms with Crippen LogP contribution in [0.3, 0.4) is 0 Å². The molecule has 0 unspecified atom stereocenters. The summed E-state index contributed by atoms with van der Waals surface area (Å²) in [5.74, 6) is 0.968. The van der Waals surface area contributed by atoms with Crippen molar-refractivity contribution in [3.8, 4) is 11.5 Å². The van der Waals surface area contributed by atoms with Crippen molar-refractivity contribution in [1.82, 2.24) is 4.57 Å². The molecule has 0 saturated carbocycles. The number of nitrogens with zero attached hydrogens (tertiary/aromatic N) is 1. The molecule has 2 aromatic carbocycles. The van der Waals surface area contributed by atoms with Gasteiger partial charge < -0.3 is 14.4 Å². The highest BCUT2D eigenvalue weighted by Crippen LogP contribution is 2.28. The molecule has 3 nitrogen and oxygen atoms in total. The SMILES string of the molecule is CC(C)n1cc(COc2ccc(O)cc2)c2ccc(Cl)cc21.